The van der Waals surface area contributed by atoms with Crippen molar-refractivity contribution in [3.8, 4) is 0 Å². The first-order valence-corrected chi connectivity index (χ1v) is 9.43. The fourth-order valence-electron chi connectivity index (χ4n) is 3.68. The first-order valence-electron chi connectivity index (χ1n) is 9.43. The first kappa shape index (κ1) is 17.9. The van der Waals surface area contributed by atoms with Gasteiger partial charge < -0.3 is 16.4 Å². The van der Waals surface area contributed by atoms with Crippen LogP contribution in [-0.2, 0) is 4.79 Å². The van der Waals surface area contributed by atoms with Gasteiger partial charge in [-0.05, 0) is 62.3 Å². The number of rotatable bonds is 6. The summed E-state index contributed by atoms with van der Waals surface area (Å²) in [6, 6.07) is 5.80. The van der Waals surface area contributed by atoms with Crippen LogP contribution in [0.3, 0.4) is 0 Å². The van der Waals surface area contributed by atoms with Gasteiger partial charge in [-0.2, -0.15) is 0 Å². The van der Waals surface area contributed by atoms with Crippen LogP contribution in [0.15, 0.2) is 18.2 Å². The Morgan fingerprint density at radius 2 is 1.92 bits per heavy atom. The molecular weight excluding hydrogens is 314 g/mol. The fourth-order valence-corrected chi connectivity index (χ4v) is 3.68. The van der Waals surface area contributed by atoms with Crippen molar-refractivity contribution in [2.75, 3.05) is 11.9 Å². The topological polar surface area (TPSA) is 84.2 Å². The minimum Gasteiger partial charge on any atom is -0.349 e. The molecule has 0 spiro atoms. The zero-order valence-corrected chi connectivity index (χ0v) is 15.1. The summed E-state index contributed by atoms with van der Waals surface area (Å²) in [5.41, 5.74) is 8.21. The molecule has 0 saturated heterocycles. The molecule has 2 saturated carbocycles. The SMILES string of the molecule is Cc1ccc(C(=O)NC2CC2)cc1NC(=O)CC1(CN)CCCCC1. The largest absolute Gasteiger partial charge is 0.349 e. The van der Waals surface area contributed by atoms with Gasteiger partial charge in [0.15, 0.2) is 0 Å². The van der Waals surface area contributed by atoms with Crippen LogP contribution in [0.4, 0.5) is 5.69 Å². The Kier molecular flexibility index (Phi) is 5.42. The highest BCUT2D eigenvalue weighted by molar-refractivity contribution is 5.98. The fraction of sp³-hybridized carbons (Fsp3) is 0.600. The molecule has 2 amide bonds. The summed E-state index contributed by atoms with van der Waals surface area (Å²) in [5.74, 6) is -0.0705. The van der Waals surface area contributed by atoms with Crippen molar-refractivity contribution in [1.82, 2.24) is 5.32 Å². The second kappa shape index (κ2) is 7.56. The van der Waals surface area contributed by atoms with Gasteiger partial charge in [-0.1, -0.05) is 25.3 Å². The minimum absolute atomic E-state index is 0.00444. The zero-order chi connectivity index (χ0) is 17.9. The molecule has 2 aliphatic carbocycles. The Morgan fingerprint density at radius 3 is 2.56 bits per heavy atom. The predicted molar refractivity (Wildman–Crippen MR) is 99.5 cm³/mol. The summed E-state index contributed by atoms with van der Waals surface area (Å²) >= 11 is 0. The van der Waals surface area contributed by atoms with Crippen molar-refractivity contribution in [3.05, 3.63) is 29.3 Å². The number of carbonyl (C=O) groups is 2. The molecule has 0 atom stereocenters. The molecule has 0 aliphatic heterocycles. The Balaban J connectivity index is 1.66. The van der Waals surface area contributed by atoms with Gasteiger partial charge in [0.25, 0.3) is 5.91 Å². The van der Waals surface area contributed by atoms with E-state index < -0.39 is 0 Å². The second-order valence-corrected chi connectivity index (χ2v) is 7.77. The van der Waals surface area contributed by atoms with Gasteiger partial charge in [0.05, 0.1) is 0 Å². The van der Waals surface area contributed by atoms with Crippen LogP contribution in [0.1, 0.15) is 67.3 Å². The van der Waals surface area contributed by atoms with Crippen molar-refractivity contribution < 1.29 is 9.59 Å². The van der Waals surface area contributed by atoms with Gasteiger partial charge >= 0.3 is 0 Å². The summed E-state index contributed by atoms with van der Waals surface area (Å²) in [7, 11) is 0. The number of nitrogens with one attached hydrogen (secondary N) is 2. The van der Waals surface area contributed by atoms with E-state index >= 15 is 0 Å². The highest BCUT2D eigenvalue weighted by Crippen LogP contribution is 2.38. The number of amides is 2. The molecule has 0 bridgehead atoms. The van der Waals surface area contributed by atoms with Crippen LogP contribution in [-0.4, -0.2) is 24.4 Å². The minimum atomic E-state index is -0.0660. The molecule has 136 valence electrons. The molecule has 25 heavy (non-hydrogen) atoms. The summed E-state index contributed by atoms with van der Waals surface area (Å²) in [6.07, 6.45) is 8.17. The Hall–Kier alpha value is -1.88. The maximum atomic E-state index is 12.6. The third-order valence-electron chi connectivity index (χ3n) is 5.57. The Morgan fingerprint density at radius 1 is 1.20 bits per heavy atom. The standard InChI is InChI=1S/C20H29N3O2/c1-14-5-6-15(19(25)22-16-7-8-16)11-17(14)23-18(24)12-20(13-21)9-3-2-4-10-20/h5-6,11,16H,2-4,7-10,12-13,21H2,1H3,(H,22,25)(H,23,24). The molecule has 4 N–H and O–H groups in total. The lowest BCUT2D eigenvalue weighted by Gasteiger charge is -2.35. The number of hydrogen-bond donors (Lipinski definition) is 3. The summed E-state index contributed by atoms with van der Waals surface area (Å²) < 4.78 is 0. The molecule has 2 aliphatic rings. The van der Waals surface area contributed by atoms with Gasteiger partial charge in [0, 0.05) is 23.7 Å². The lowest BCUT2D eigenvalue weighted by atomic mass is 9.71. The van der Waals surface area contributed by atoms with Crippen LogP contribution < -0.4 is 16.4 Å². The maximum absolute atomic E-state index is 12.6. The third kappa shape index (κ3) is 4.60. The Labute approximate surface area is 149 Å². The first-order chi connectivity index (χ1) is 12.0. The number of nitrogens with two attached hydrogens (primary N) is 1. The summed E-state index contributed by atoms with van der Waals surface area (Å²) in [6.45, 7) is 2.50. The van der Waals surface area contributed by atoms with Crippen molar-refractivity contribution in [2.45, 2.75) is 64.3 Å². The normalized spacial score (nSPS) is 19.3. The predicted octanol–water partition coefficient (Wildman–Crippen LogP) is 3.13. The Bertz CT molecular complexity index is 646. The monoisotopic (exact) mass is 343 g/mol. The highest BCUT2D eigenvalue weighted by Gasteiger charge is 2.33. The molecule has 5 nitrogen and oxygen atoms in total. The van der Waals surface area contributed by atoms with Crippen molar-refractivity contribution in [1.29, 1.82) is 0 Å². The molecule has 0 aromatic heterocycles. The molecule has 0 radical (unpaired) electrons. The van der Waals surface area contributed by atoms with E-state index in [4.69, 9.17) is 5.73 Å². The molecule has 1 aromatic carbocycles. The number of carbonyl (C=O) groups excluding carboxylic acids is 2. The van der Waals surface area contributed by atoms with Gasteiger partial charge in [-0.15, -0.1) is 0 Å². The van der Waals surface area contributed by atoms with E-state index in [9.17, 15) is 9.59 Å². The number of benzene rings is 1. The van der Waals surface area contributed by atoms with Crippen molar-refractivity contribution >= 4 is 17.5 Å². The zero-order valence-electron chi connectivity index (χ0n) is 15.1. The molecule has 3 rings (SSSR count). The van der Waals surface area contributed by atoms with Crippen LogP contribution in [0.5, 0.6) is 0 Å². The van der Waals surface area contributed by atoms with Gasteiger partial charge in [0.1, 0.15) is 0 Å². The molecule has 5 heteroatoms. The highest BCUT2D eigenvalue weighted by atomic mass is 16.2. The van der Waals surface area contributed by atoms with Crippen molar-refractivity contribution in [2.24, 2.45) is 11.1 Å². The number of anilines is 1. The second-order valence-electron chi connectivity index (χ2n) is 7.77. The number of hydrogen-bond acceptors (Lipinski definition) is 3. The molecule has 0 unspecified atom stereocenters. The maximum Gasteiger partial charge on any atom is 0.251 e. The lowest BCUT2D eigenvalue weighted by molar-refractivity contribution is -0.118. The van der Waals surface area contributed by atoms with Gasteiger partial charge in [-0.3, -0.25) is 9.59 Å². The van der Waals surface area contributed by atoms with E-state index in [0.29, 0.717) is 24.6 Å². The third-order valence-corrected chi connectivity index (χ3v) is 5.57. The van der Waals surface area contributed by atoms with Gasteiger partial charge in [0.2, 0.25) is 5.91 Å². The van der Waals surface area contributed by atoms with E-state index in [2.05, 4.69) is 10.6 Å². The lowest BCUT2D eigenvalue weighted by Crippen LogP contribution is -2.36. The molecule has 0 heterocycles. The average molecular weight is 343 g/mol. The molecule has 2 fully saturated rings. The van der Waals surface area contributed by atoms with E-state index in [0.717, 1.165) is 49.8 Å². The van der Waals surface area contributed by atoms with Crippen molar-refractivity contribution in [3.63, 3.8) is 0 Å². The average Bonchev–Trinajstić information content (AvgIpc) is 3.41. The van der Waals surface area contributed by atoms with Crippen LogP contribution in [0.25, 0.3) is 0 Å². The molecular formula is C20H29N3O2. The number of aryl methyl sites for hydroxylation is 1. The van der Waals surface area contributed by atoms with Gasteiger partial charge in [-0.25, -0.2) is 0 Å². The smallest absolute Gasteiger partial charge is 0.251 e. The van der Waals surface area contributed by atoms with E-state index in [1.165, 1.54) is 6.42 Å². The van der Waals surface area contributed by atoms with E-state index in [1.54, 1.807) is 6.07 Å². The quantitative estimate of drug-likeness (QED) is 0.742. The van der Waals surface area contributed by atoms with E-state index in [-0.39, 0.29) is 17.2 Å². The van der Waals surface area contributed by atoms with E-state index in [1.807, 2.05) is 19.1 Å². The molecule has 1 aromatic rings. The van der Waals surface area contributed by atoms with Crippen LogP contribution in [0, 0.1) is 12.3 Å². The van der Waals surface area contributed by atoms with Crippen LogP contribution in [0.2, 0.25) is 0 Å². The summed E-state index contributed by atoms with van der Waals surface area (Å²) in [5, 5.41) is 5.99. The summed E-state index contributed by atoms with van der Waals surface area (Å²) in [4.78, 5) is 24.8. The van der Waals surface area contributed by atoms with Crippen LogP contribution >= 0.6 is 0 Å².